The molecule has 201 valence electrons. The number of aliphatic hydroxyl groups is 1. The van der Waals surface area contributed by atoms with Gasteiger partial charge in [0.1, 0.15) is 0 Å². The maximum atomic E-state index is 10.0. The molecule has 1 N–H and O–H groups in total. The molecule has 0 aliphatic heterocycles. The Balaban J connectivity index is 0.000000177. The van der Waals surface area contributed by atoms with Crippen LogP contribution in [0.5, 0.6) is 0 Å². The molecule has 4 nitrogen and oxygen atoms in total. The second kappa shape index (κ2) is 15.2. The maximum absolute atomic E-state index is 10.0. The normalized spacial score (nSPS) is 10.4. The number of aliphatic hydroxyl groups excluding tert-OH is 1. The van der Waals surface area contributed by atoms with E-state index in [1.165, 1.54) is 30.7 Å². The van der Waals surface area contributed by atoms with Crippen molar-refractivity contribution >= 4 is 27.6 Å². The van der Waals surface area contributed by atoms with E-state index in [-0.39, 0.29) is 31.6 Å². The molecule has 4 aromatic carbocycles. The van der Waals surface area contributed by atoms with E-state index in [0.29, 0.717) is 0 Å². The van der Waals surface area contributed by atoms with Crippen molar-refractivity contribution < 1.29 is 30.0 Å². The Morgan fingerprint density at radius 1 is 0.625 bits per heavy atom. The summed E-state index contributed by atoms with van der Waals surface area (Å²) in [5.41, 5.74) is 6.06. The first kappa shape index (κ1) is 30.1. The van der Waals surface area contributed by atoms with Crippen molar-refractivity contribution in [2.24, 2.45) is 0 Å². The van der Waals surface area contributed by atoms with Crippen LogP contribution in [0.1, 0.15) is 13.8 Å². The number of carbonyl (C=O) groups is 1. The molecule has 0 atom stereocenters. The minimum Gasteiger partial charge on any atom is -0.512 e. The van der Waals surface area contributed by atoms with Crippen LogP contribution in [0.15, 0.2) is 133 Å². The monoisotopic (exact) mass is 701 g/mol. The fourth-order valence-corrected chi connectivity index (χ4v) is 3.83. The minimum absolute atomic E-state index is 0. The number of fused-ring (bicyclic) bond motifs is 2. The summed E-state index contributed by atoms with van der Waals surface area (Å²) in [4.78, 5) is 19.2. The molecule has 0 saturated heterocycles. The Kier molecular flexibility index (Phi) is 11.5. The number of nitrogens with zero attached hydrogens (tertiary/aromatic N) is 2. The van der Waals surface area contributed by atoms with E-state index in [0.717, 1.165) is 33.5 Å². The number of allylic oxidation sites excluding steroid dienone is 2. The zero-order valence-electron chi connectivity index (χ0n) is 22.2. The quantitative estimate of drug-likeness (QED) is 0.114. The van der Waals surface area contributed by atoms with Crippen LogP contribution in [0.2, 0.25) is 0 Å². The number of rotatable bonds is 3. The van der Waals surface area contributed by atoms with E-state index in [2.05, 4.69) is 46.4 Å². The Bertz CT molecular complexity index is 1580. The van der Waals surface area contributed by atoms with E-state index in [9.17, 15) is 4.79 Å². The molecule has 0 fully saturated rings. The second-order valence-electron chi connectivity index (χ2n) is 8.73. The smallest absolute Gasteiger partial charge is 0.155 e. The predicted octanol–water partition coefficient (Wildman–Crippen LogP) is 8.44. The predicted molar refractivity (Wildman–Crippen MR) is 159 cm³/mol. The summed E-state index contributed by atoms with van der Waals surface area (Å²) in [6.07, 6.45) is 1.17. The SMILES string of the molecule is CC(=O)/C=C(\C)O.[Ir].[c-]1ccccc1-c1ccc2ccccc2n1.[c-]1ccccc1-c1ccc2ccccc2n1. The standard InChI is InChI=1S/2C15H10N.C5H8O2.Ir/c2*1-2-6-12(7-3-1)15-11-10-13-8-4-5-9-14(13)16-15;1-4(6)3-5(2)7;/h2*1-6,8-11H;3,6H,1-2H3;/q2*-1;;/b;;4-3+;. The van der Waals surface area contributed by atoms with Gasteiger partial charge in [-0.05, 0) is 48.1 Å². The Morgan fingerprint density at radius 3 is 1.40 bits per heavy atom. The first-order chi connectivity index (χ1) is 19.0. The van der Waals surface area contributed by atoms with Crippen LogP contribution in [0.25, 0.3) is 44.3 Å². The number of para-hydroxylation sites is 2. The Hall–Kier alpha value is -4.44. The van der Waals surface area contributed by atoms with Crippen LogP contribution in [0.3, 0.4) is 0 Å². The second-order valence-corrected chi connectivity index (χ2v) is 8.73. The summed E-state index contributed by atoms with van der Waals surface area (Å²) in [5.74, 6) is -0.0625. The van der Waals surface area contributed by atoms with Gasteiger partial charge in [-0.1, -0.05) is 60.7 Å². The molecule has 6 aromatic rings. The van der Waals surface area contributed by atoms with E-state index in [1.807, 2.05) is 97.1 Å². The fourth-order valence-electron chi connectivity index (χ4n) is 3.83. The van der Waals surface area contributed by atoms with Crippen LogP contribution in [-0.4, -0.2) is 20.9 Å². The van der Waals surface area contributed by atoms with Gasteiger partial charge in [0.15, 0.2) is 5.78 Å². The largest absolute Gasteiger partial charge is 0.512 e. The Labute approximate surface area is 248 Å². The average Bonchev–Trinajstić information content (AvgIpc) is 2.97. The van der Waals surface area contributed by atoms with Gasteiger partial charge in [0, 0.05) is 26.2 Å². The van der Waals surface area contributed by atoms with Crippen molar-refractivity contribution in [1.82, 2.24) is 9.97 Å². The van der Waals surface area contributed by atoms with Crippen LogP contribution >= 0.6 is 0 Å². The molecule has 6 rings (SSSR count). The molecule has 5 heteroatoms. The number of benzene rings is 4. The van der Waals surface area contributed by atoms with Gasteiger partial charge < -0.3 is 5.11 Å². The summed E-state index contributed by atoms with van der Waals surface area (Å²) < 4.78 is 0. The molecule has 40 heavy (non-hydrogen) atoms. The van der Waals surface area contributed by atoms with E-state index < -0.39 is 0 Å². The van der Waals surface area contributed by atoms with Gasteiger partial charge in [0.2, 0.25) is 0 Å². The number of hydrogen-bond donors (Lipinski definition) is 1. The summed E-state index contributed by atoms with van der Waals surface area (Å²) >= 11 is 0. The fraction of sp³-hybridized carbons (Fsp3) is 0.0571. The zero-order valence-corrected chi connectivity index (χ0v) is 24.6. The number of carbonyl (C=O) groups excluding carboxylic acids is 1. The number of ketones is 1. The maximum Gasteiger partial charge on any atom is 0.155 e. The van der Waals surface area contributed by atoms with Gasteiger partial charge in [-0.2, -0.15) is 0 Å². The van der Waals surface area contributed by atoms with Gasteiger partial charge >= 0.3 is 0 Å². The first-order valence-corrected chi connectivity index (χ1v) is 12.5. The summed E-state index contributed by atoms with van der Waals surface area (Å²) in [5, 5.41) is 10.7. The van der Waals surface area contributed by atoms with Crippen LogP contribution in [-0.2, 0) is 24.9 Å². The third-order valence-corrected chi connectivity index (χ3v) is 5.58. The van der Waals surface area contributed by atoms with Crippen molar-refractivity contribution in [2.75, 3.05) is 0 Å². The van der Waals surface area contributed by atoms with E-state index in [4.69, 9.17) is 5.11 Å². The number of pyridine rings is 2. The topological polar surface area (TPSA) is 63.1 Å². The van der Waals surface area contributed by atoms with Gasteiger partial charge in [-0.25, -0.2) is 0 Å². The molecule has 0 bridgehead atoms. The van der Waals surface area contributed by atoms with Gasteiger partial charge in [-0.15, -0.1) is 71.8 Å². The molecule has 0 unspecified atom stereocenters. The molecule has 2 heterocycles. The van der Waals surface area contributed by atoms with Crippen molar-refractivity contribution in [3.8, 4) is 22.5 Å². The number of hydrogen-bond acceptors (Lipinski definition) is 4. The molecule has 0 saturated carbocycles. The molecule has 0 amide bonds. The summed E-state index contributed by atoms with van der Waals surface area (Å²) in [6.45, 7) is 2.85. The minimum atomic E-state index is -0.125. The van der Waals surface area contributed by atoms with Crippen molar-refractivity contribution in [1.29, 1.82) is 0 Å². The van der Waals surface area contributed by atoms with Crippen molar-refractivity contribution in [3.05, 3.63) is 145 Å². The molecular formula is C35H28IrN2O2-2. The molecule has 2 aromatic heterocycles. The third-order valence-electron chi connectivity index (χ3n) is 5.58. The van der Waals surface area contributed by atoms with Crippen LogP contribution < -0.4 is 0 Å². The molecule has 0 spiro atoms. The number of aromatic nitrogens is 2. The zero-order chi connectivity index (χ0) is 27.5. The van der Waals surface area contributed by atoms with E-state index >= 15 is 0 Å². The van der Waals surface area contributed by atoms with Crippen molar-refractivity contribution in [3.63, 3.8) is 0 Å². The summed E-state index contributed by atoms with van der Waals surface area (Å²) in [7, 11) is 0. The first-order valence-electron chi connectivity index (χ1n) is 12.5. The average molecular weight is 701 g/mol. The van der Waals surface area contributed by atoms with Crippen LogP contribution in [0.4, 0.5) is 0 Å². The van der Waals surface area contributed by atoms with E-state index in [1.54, 1.807) is 0 Å². The molecular weight excluding hydrogens is 673 g/mol. The van der Waals surface area contributed by atoms with Gasteiger partial charge in [-0.3, -0.25) is 14.8 Å². The third kappa shape index (κ3) is 8.81. The molecule has 0 aliphatic rings. The van der Waals surface area contributed by atoms with Gasteiger partial charge in [0.25, 0.3) is 0 Å². The van der Waals surface area contributed by atoms with Crippen LogP contribution in [0, 0.1) is 12.1 Å². The molecule has 0 aliphatic carbocycles. The summed E-state index contributed by atoms with van der Waals surface area (Å²) in [6, 6.07) is 46.7. The Morgan fingerprint density at radius 2 is 1.05 bits per heavy atom. The van der Waals surface area contributed by atoms with Gasteiger partial charge in [0.05, 0.1) is 16.8 Å². The molecule has 1 radical (unpaired) electrons. The van der Waals surface area contributed by atoms with Crippen molar-refractivity contribution in [2.45, 2.75) is 13.8 Å².